The normalized spacial score (nSPS) is 27.8. The quantitative estimate of drug-likeness (QED) is 0.793. The number of amides is 2. The Morgan fingerprint density at radius 1 is 1.32 bits per heavy atom. The van der Waals surface area contributed by atoms with Crippen molar-refractivity contribution in [1.29, 1.82) is 0 Å². The molecule has 6 heteroatoms. The molecule has 1 aliphatic heterocycles. The average Bonchev–Trinajstić information content (AvgIpc) is 2.97. The summed E-state index contributed by atoms with van der Waals surface area (Å²) in [6, 6.07) is -1.18. The van der Waals surface area contributed by atoms with Crippen LogP contribution in [0, 0.1) is 5.92 Å². The van der Waals surface area contributed by atoms with Gasteiger partial charge in [0.2, 0.25) is 0 Å². The molecule has 2 atom stereocenters. The standard InChI is InChI=1S/C13H22N2O4/c1-14(7-9-4-2-3-5-9)13(19)15-8-10(16)6-11(15)12(17)18/h9-11,16H,2-8H2,1H3,(H,17,18)/t10-,11+/m1/s1. The molecule has 2 rings (SSSR count). The van der Waals surface area contributed by atoms with E-state index in [4.69, 9.17) is 5.11 Å². The summed E-state index contributed by atoms with van der Waals surface area (Å²) in [5, 5.41) is 18.7. The third-order valence-electron chi connectivity index (χ3n) is 4.14. The summed E-state index contributed by atoms with van der Waals surface area (Å²) in [5.74, 6) is -0.510. The maximum atomic E-state index is 12.3. The van der Waals surface area contributed by atoms with Crippen LogP contribution in [0.4, 0.5) is 4.79 Å². The van der Waals surface area contributed by atoms with Gasteiger partial charge < -0.3 is 20.0 Å². The van der Waals surface area contributed by atoms with Gasteiger partial charge in [-0.3, -0.25) is 0 Å². The monoisotopic (exact) mass is 270 g/mol. The summed E-state index contributed by atoms with van der Waals surface area (Å²) >= 11 is 0. The lowest BCUT2D eigenvalue weighted by Gasteiger charge is -2.29. The van der Waals surface area contributed by atoms with Crippen molar-refractivity contribution in [3.8, 4) is 0 Å². The SMILES string of the molecule is CN(CC1CCCC1)C(=O)N1C[C@H](O)C[C@H]1C(=O)O. The van der Waals surface area contributed by atoms with Crippen LogP contribution in [-0.2, 0) is 4.79 Å². The van der Waals surface area contributed by atoms with E-state index in [1.807, 2.05) is 0 Å². The van der Waals surface area contributed by atoms with E-state index < -0.39 is 18.1 Å². The Balaban J connectivity index is 1.95. The summed E-state index contributed by atoms with van der Waals surface area (Å²) in [6.07, 6.45) is 4.11. The zero-order valence-corrected chi connectivity index (χ0v) is 11.3. The first-order chi connectivity index (χ1) is 8.99. The van der Waals surface area contributed by atoms with Crippen LogP contribution < -0.4 is 0 Å². The molecule has 2 N–H and O–H groups in total. The van der Waals surface area contributed by atoms with Gasteiger partial charge in [0.1, 0.15) is 6.04 Å². The van der Waals surface area contributed by atoms with Crippen LogP contribution in [0.1, 0.15) is 32.1 Å². The van der Waals surface area contributed by atoms with Crippen molar-refractivity contribution in [1.82, 2.24) is 9.80 Å². The number of rotatable bonds is 3. The number of likely N-dealkylation sites (tertiary alicyclic amines) is 1. The van der Waals surface area contributed by atoms with E-state index in [1.54, 1.807) is 11.9 Å². The molecule has 1 aliphatic carbocycles. The number of urea groups is 1. The highest BCUT2D eigenvalue weighted by Gasteiger charge is 2.40. The van der Waals surface area contributed by atoms with Crippen LogP contribution in [0.25, 0.3) is 0 Å². The summed E-state index contributed by atoms with van der Waals surface area (Å²) < 4.78 is 0. The zero-order chi connectivity index (χ0) is 14.0. The maximum Gasteiger partial charge on any atom is 0.326 e. The summed E-state index contributed by atoms with van der Waals surface area (Å²) in [4.78, 5) is 26.3. The number of aliphatic hydroxyl groups is 1. The first-order valence-corrected chi connectivity index (χ1v) is 6.91. The molecule has 1 saturated heterocycles. The summed E-state index contributed by atoms with van der Waals surface area (Å²) in [6.45, 7) is 0.794. The fraction of sp³-hybridized carbons (Fsp3) is 0.846. The van der Waals surface area contributed by atoms with Crippen LogP contribution in [0.3, 0.4) is 0 Å². The first kappa shape index (κ1) is 14.1. The Hall–Kier alpha value is -1.30. The second kappa shape index (κ2) is 5.77. The molecule has 108 valence electrons. The molecule has 0 aromatic heterocycles. The van der Waals surface area contributed by atoms with Gasteiger partial charge in [0, 0.05) is 26.6 Å². The van der Waals surface area contributed by atoms with Gasteiger partial charge in [0.15, 0.2) is 0 Å². The number of carboxylic acid groups (broad SMARTS) is 1. The molecule has 2 aliphatic rings. The molecule has 0 radical (unpaired) electrons. The van der Waals surface area contributed by atoms with Crippen LogP contribution in [-0.4, -0.2) is 64.3 Å². The Labute approximate surface area is 113 Å². The van der Waals surface area contributed by atoms with E-state index in [-0.39, 0.29) is 19.0 Å². The number of β-amino-alcohol motifs (C(OH)–C–C–N with tert-alkyl or cyclic N) is 1. The Morgan fingerprint density at radius 2 is 1.95 bits per heavy atom. The fourth-order valence-corrected chi connectivity index (χ4v) is 3.14. The molecule has 0 spiro atoms. The number of carbonyl (C=O) groups is 2. The average molecular weight is 270 g/mol. The third-order valence-corrected chi connectivity index (χ3v) is 4.14. The molecule has 19 heavy (non-hydrogen) atoms. The molecule has 0 aromatic rings. The van der Waals surface area contributed by atoms with Gasteiger partial charge in [-0.2, -0.15) is 0 Å². The Kier molecular flexibility index (Phi) is 4.29. The highest BCUT2D eigenvalue weighted by molar-refractivity contribution is 5.83. The summed E-state index contributed by atoms with van der Waals surface area (Å²) in [5.41, 5.74) is 0. The van der Waals surface area contributed by atoms with Gasteiger partial charge in [-0.05, 0) is 18.8 Å². The van der Waals surface area contributed by atoms with Crippen molar-refractivity contribution in [2.24, 2.45) is 5.92 Å². The number of carboxylic acids is 1. The molecule has 2 fully saturated rings. The first-order valence-electron chi connectivity index (χ1n) is 6.91. The number of nitrogens with zero attached hydrogens (tertiary/aromatic N) is 2. The van der Waals surface area contributed by atoms with E-state index in [2.05, 4.69) is 0 Å². The zero-order valence-electron chi connectivity index (χ0n) is 11.3. The van der Waals surface area contributed by atoms with E-state index in [0.717, 1.165) is 12.8 Å². The highest BCUT2D eigenvalue weighted by Crippen LogP contribution is 2.26. The minimum Gasteiger partial charge on any atom is -0.480 e. The second-order valence-corrected chi connectivity index (χ2v) is 5.71. The lowest BCUT2D eigenvalue weighted by molar-refractivity contribution is -0.141. The lowest BCUT2D eigenvalue weighted by Crippen LogP contribution is -2.47. The van der Waals surface area contributed by atoms with Crippen molar-refractivity contribution in [2.75, 3.05) is 20.1 Å². The predicted molar refractivity (Wildman–Crippen MR) is 68.7 cm³/mol. The molecule has 1 saturated carbocycles. The van der Waals surface area contributed by atoms with Gasteiger partial charge in [0.25, 0.3) is 0 Å². The number of hydrogen-bond donors (Lipinski definition) is 2. The van der Waals surface area contributed by atoms with E-state index in [0.29, 0.717) is 12.5 Å². The molecule has 1 heterocycles. The molecule has 0 unspecified atom stereocenters. The smallest absolute Gasteiger partial charge is 0.326 e. The predicted octanol–water partition coefficient (Wildman–Crippen LogP) is 0.748. The van der Waals surface area contributed by atoms with E-state index >= 15 is 0 Å². The number of aliphatic carboxylic acids is 1. The van der Waals surface area contributed by atoms with Crippen molar-refractivity contribution < 1.29 is 19.8 Å². The van der Waals surface area contributed by atoms with Crippen molar-refractivity contribution >= 4 is 12.0 Å². The van der Waals surface area contributed by atoms with Crippen LogP contribution >= 0.6 is 0 Å². The van der Waals surface area contributed by atoms with Gasteiger partial charge in [-0.15, -0.1) is 0 Å². The van der Waals surface area contributed by atoms with Gasteiger partial charge in [-0.1, -0.05) is 12.8 Å². The van der Waals surface area contributed by atoms with Gasteiger partial charge >= 0.3 is 12.0 Å². The number of carbonyl (C=O) groups excluding carboxylic acids is 1. The molecule has 2 amide bonds. The Morgan fingerprint density at radius 3 is 2.53 bits per heavy atom. The Bertz CT molecular complexity index is 355. The topological polar surface area (TPSA) is 81.1 Å². The van der Waals surface area contributed by atoms with E-state index in [1.165, 1.54) is 17.7 Å². The minimum atomic E-state index is -1.04. The lowest BCUT2D eigenvalue weighted by atomic mass is 10.1. The highest BCUT2D eigenvalue weighted by atomic mass is 16.4. The van der Waals surface area contributed by atoms with E-state index in [9.17, 15) is 14.7 Å². The third kappa shape index (κ3) is 3.18. The largest absolute Gasteiger partial charge is 0.480 e. The molecular formula is C13H22N2O4. The van der Waals surface area contributed by atoms with Crippen LogP contribution in [0.5, 0.6) is 0 Å². The van der Waals surface area contributed by atoms with Crippen molar-refractivity contribution in [2.45, 2.75) is 44.2 Å². The molecule has 0 aromatic carbocycles. The van der Waals surface area contributed by atoms with Crippen LogP contribution in [0.15, 0.2) is 0 Å². The maximum absolute atomic E-state index is 12.3. The van der Waals surface area contributed by atoms with Crippen molar-refractivity contribution in [3.63, 3.8) is 0 Å². The van der Waals surface area contributed by atoms with Crippen molar-refractivity contribution in [3.05, 3.63) is 0 Å². The minimum absolute atomic E-state index is 0.116. The summed E-state index contributed by atoms with van der Waals surface area (Å²) in [7, 11) is 1.71. The molecular weight excluding hydrogens is 248 g/mol. The fourth-order valence-electron chi connectivity index (χ4n) is 3.14. The number of aliphatic hydroxyl groups excluding tert-OH is 1. The molecule has 0 bridgehead atoms. The molecule has 6 nitrogen and oxygen atoms in total. The van der Waals surface area contributed by atoms with Crippen LogP contribution in [0.2, 0.25) is 0 Å². The van der Waals surface area contributed by atoms with Gasteiger partial charge in [0.05, 0.1) is 6.10 Å². The second-order valence-electron chi connectivity index (χ2n) is 5.71. The van der Waals surface area contributed by atoms with Gasteiger partial charge in [-0.25, -0.2) is 9.59 Å². The number of hydrogen-bond acceptors (Lipinski definition) is 3.